The minimum atomic E-state index is -2.04. The van der Waals surface area contributed by atoms with E-state index in [-0.39, 0.29) is 12.3 Å². The molecule has 0 amide bonds. The highest BCUT2D eigenvalue weighted by Gasteiger charge is 2.43. The fourth-order valence-electron chi connectivity index (χ4n) is 2.96. The molecular weight excluding hydrogens is 320 g/mol. The molecule has 6 nitrogen and oxygen atoms in total. The summed E-state index contributed by atoms with van der Waals surface area (Å²) in [5, 5.41) is 20.1. The molecule has 1 aromatic rings. The van der Waals surface area contributed by atoms with Gasteiger partial charge in [0.15, 0.2) is 5.60 Å². The van der Waals surface area contributed by atoms with Crippen molar-refractivity contribution in [1.82, 2.24) is 4.98 Å². The van der Waals surface area contributed by atoms with E-state index < -0.39 is 17.6 Å². The van der Waals surface area contributed by atoms with Crippen molar-refractivity contribution in [1.29, 1.82) is 0 Å². The van der Waals surface area contributed by atoms with Crippen molar-refractivity contribution in [3.8, 4) is 5.75 Å². The molecule has 0 radical (unpaired) electrons. The summed E-state index contributed by atoms with van der Waals surface area (Å²) in [5.41, 5.74) is 4.40. The number of ether oxygens (including phenoxy) is 1. The van der Waals surface area contributed by atoms with Crippen LogP contribution in [0, 0.1) is 11.8 Å². The maximum absolute atomic E-state index is 11.6. The molecule has 1 aliphatic rings. The Bertz CT molecular complexity index is 574. The van der Waals surface area contributed by atoms with Gasteiger partial charge in [-0.25, -0.2) is 4.79 Å². The summed E-state index contributed by atoms with van der Waals surface area (Å²) >= 11 is 0. The van der Waals surface area contributed by atoms with E-state index in [9.17, 15) is 15.0 Å². The van der Waals surface area contributed by atoms with Gasteiger partial charge in [-0.15, -0.1) is 0 Å². The van der Waals surface area contributed by atoms with Crippen molar-refractivity contribution in [2.45, 2.75) is 64.0 Å². The molecule has 140 valence electrons. The molecule has 1 fully saturated rings. The van der Waals surface area contributed by atoms with E-state index in [1.807, 2.05) is 13.8 Å². The number of nitrogens with zero attached hydrogens (tertiary/aromatic N) is 1. The molecule has 1 heterocycles. The quantitative estimate of drug-likeness (QED) is 0.529. The van der Waals surface area contributed by atoms with Gasteiger partial charge in [-0.3, -0.25) is 4.98 Å². The van der Waals surface area contributed by atoms with E-state index >= 15 is 0 Å². The van der Waals surface area contributed by atoms with E-state index in [0.29, 0.717) is 24.5 Å². The van der Waals surface area contributed by atoms with E-state index in [0.717, 1.165) is 12.3 Å². The smallest absolute Gasteiger partial charge is 0.337 e. The van der Waals surface area contributed by atoms with E-state index in [2.05, 4.69) is 4.98 Å². The Balaban J connectivity index is 1.97. The predicted molar refractivity (Wildman–Crippen MR) is 95.4 cm³/mol. The zero-order valence-corrected chi connectivity index (χ0v) is 15.1. The number of aliphatic hydroxyl groups is 1. The Morgan fingerprint density at radius 2 is 2.20 bits per heavy atom. The molecule has 2 atom stereocenters. The normalized spacial score (nSPS) is 18.0. The van der Waals surface area contributed by atoms with Crippen LogP contribution < -0.4 is 10.5 Å². The second-order valence-corrected chi connectivity index (χ2v) is 7.56. The first-order chi connectivity index (χ1) is 11.8. The van der Waals surface area contributed by atoms with Gasteiger partial charge < -0.3 is 20.7 Å². The maximum atomic E-state index is 11.6. The first kappa shape index (κ1) is 19.7. The number of rotatable bonds is 11. The molecule has 0 aliphatic heterocycles. The Labute approximate surface area is 149 Å². The van der Waals surface area contributed by atoms with Crippen molar-refractivity contribution in [3.63, 3.8) is 0 Å². The minimum Gasteiger partial charge on any atom is -0.493 e. The van der Waals surface area contributed by atoms with Gasteiger partial charge in [0.1, 0.15) is 5.75 Å². The van der Waals surface area contributed by atoms with Crippen LogP contribution in [0.4, 0.5) is 0 Å². The van der Waals surface area contributed by atoms with E-state index in [1.165, 1.54) is 19.3 Å². The molecule has 0 unspecified atom stereocenters. The van der Waals surface area contributed by atoms with Crippen molar-refractivity contribution in [3.05, 3.63) is 24.0 Å². The molecule has 4 N–H and O–H groups in total. The minimum absolute atomic E-state index is 0.143. The van der Waals surface area contributed by atoms with Crippen LogP contribution in [0.5, 0.6) is 5.75 Å². The summed E-state index contributed by atoms with van der Waals surface area (Å²) in [6, 6.07) is 2.57. The summed E-state index contributed by atoms with van der Waals surface area (Å²) in [6.07, 6.45) is 6.73. The number of aromatic nitrogens is 1. The van der Waals surface area contributed by atoms with Crippen LogP contribution in [0.1, 0.15) is 51.6 Å². The Kier molecular flexibility index (Phi) is 6.79. The first-order valence-electron chi connectivity index (χ1n) is 9.10. The highest BCUT2D eigenvalue weighted by atomic mass is 16.5. The topological polar surface area (TPSA) is 106 Å². The number of carboxylic acid groups (broad SMARTS) is 1. The van der Waals surface area contributed by atoms with Gasteiger partial charge in [0.2, 0.25) is 0 Å². The number of carbonyl (C=O) groups is 1. The van der Waals surface area contributed by atoms with Crippen molar-refractivity contribution in [2.75, 3.05) is 6.61 Å². The Morgan fingerprint density at radius 3 is 2.80 bits per heavy atom. The van der Waals surface area contributed by atoms with Crippen LogP contribution in [-0.4, -0.2) is 39.4 Å². The third-order valence-corrected chi connectivity index (χ3v) is 4.67. The van der Waals surface area contributed by atoms with Crippen LogP contribution in [0.2, 0.25) is 0 Å². The van der Waals surface area contributed by atoms with Gasteiger partial charge in [-0.05, 0) is 37.2 Å². The summed E-state index contributed by atoms with van der Waals surface area (Å²) in [5.74, 6) is 0.392. The molecule has 25 heavy (non-hydrogen) atoms. The lowest BCUT2D eigenvalue weighted by atomic mass is 9.84. The molecule has 0 saturated heterocycles. The largest absolute Gasteiger partial charge is 0.493 e. The van der Waals surface area contributed by atoms with Gasteiger partial charge >= 0.3 is 5.97 Å². The maximum Gasteiger partial charge on any atom is 0.337 e. The van der Waals surface area contributed by atoms with Crippen molar-refractivity contribution >= 4 is 5.97 Å². The van der Waals surface area contributed by atoms with Crippen LogP contribution >= 0.6 is 0 Å². The molecule has 0 aromatic carbocycles. The average Bonchev–Trinajstić information content (AvgIpc) is 3.35. The van der Waals surface area contributed by atoms with E-state index in [1.54, 1.807) is 18.3 Å². The summed E-state index contributed by atoms with van der Waals surface area (Å²) in [7, 11) is 0. The first-order valence-corrected chi connectivity index (χ1v) is 9.10. The number of nitrogens with two attached hydrogens (primary N) is 1. The number of pyridine rings is 1. The molecule has 1 aliphatic carbocycles. The van der Waals surface area contributed by atoms with Crippen LogP contribution in [0.15, 0.2) is 18.3 Å². The summed E-state index contributed by atoms with van der Waals surface area (Å²) in [6.45, 7) is 4.52. The van der Waals surface area contributed by atoms with Gasteiger partial charge in [0.25, 0.3) is 0 Å². The highest BCUT2D eigenvalue weighted by Crippen LogP contribution is 2.33. The van der Waals surface area contributed by atoms with Crippen LogP contribution in [0.25, 0.3) is 0 Å². The van der Waals surface area contributed by atoms with Crippen LogP contribution in [0.3, 0.4) is 0 Å². The molecular formula is C19H30N2O4. The number of hydrogen-bond acceptors (Lipinski definition) is 5. The monoisotopic (exact) mass is 350 g/mol. The second-order valence-electron chi connectivity index (χ2n) is 7.56. The van der Waals surface area contributed by atoms with Crippen molar-refractivity contribution in [2.24, 2.45) is 17.6 Å². The summed E-state index contributed by atoms with van der Waals surface area (Å²) in [4.78, 5) is 15.8. The predicted octanol–water partition coefficient (Wildman–Crippen LogP) is 2.38. The lowest BCUT2D eigenvalue weighted by molar-refractivity contribution is -0.161. The zero-order chi connectivity index (χ0) is 18.4. The lowest BCUT2D eigenvalue weighted by Crippen LogP contribution is -2.56. The number of hydrogen-bond donors (Lipinski definition) is 3. The molecule has 0 bridgehead atoms. The second kappa shape index (κ2) is 8.63. The fourth-order valence-corrected chi connectivity index (χ4v) is 2.96. The summed E-state index contributed by atoms with van der Waals surface area (Å²) < 4.78 is 5.72. The molecule has 1 aromatic heterocycles. The number of aliphatic carboxylic acids is 1. The molecule has 1 saturated carbocycles. The highest BCUT2D eigenvalue weighted by molar-refractivity contribution is 5.78. The Morgan fingerprint density at radius 1 is 1.48 bits per heavy atom. The SMILES string of the molecule is CC(C)C[C@H](N)[C@](O)(Cc1cc(OCCCC2CC2)ccn1)C(=O)O. The molecule has 6 heteroatoms. The molecule has 2 rings (SSSR count). The van der Waals surface area contributed by atoms with Gasteiger partial charge in [0.05, 0.1) is 6.61 Å². The van der Waals surface area contributed by atoms with E-state index in [4.69, 9.17) is 10.5 Å². The zero-order valence-electron chi connectivity index (χ0n) is 15.1. The molecule has 0 spiro atoms. The van der Waals surface area contributed by atoms with Gasteiger partial charge in [-0.1, -0.05) is 26.7 Å². The fraction of sp³-hybridized carbons (Fsp3) is 0.684. The van der Waals surface area contributed by atoms with Gasteiger partial charge in [0, 0.05) is 30.4 Å². The van der Waals surface area contributed by atoms with Crippen molar-refractivity contribution < 1.29 is 19.7 Å². The van der Waals surface area contributed by atoms with Gasteiger partial charge in [-0.2, -0.15) is 0 Å². The lowest BCUT2D eigenvalue weighted by Gasteiger charge is -2.30. The van der Waals surface area contributed by atoms with Crippen LogP contribution in [-0.2, 0) is 11.2 Å². The Hall–Kier alpha value is -1.66. The average molecular weight is 350 g/mol. The third kappa shape index (κ3) is 5.97. The third-order valence-electron chi connectivity index (χ3n) is 4.67. The number of carboxylic acids is 1. The standard InChI is InChI=1S/C19H30N2O4/c1-13(2)10-17(20)19(24,18(22)23)12-15-11-16(7-8-21-15)25-9-3-4-14-5-6-14/h7-8,11,13-14,17,24H,3-6,9-10,12,20H2,1-2H3,(H,22,23)/t17-,19+/m0/s1.